The van der Waals surface area contributed by atoms with E-state index >= 15 is 0 Å². The molecule has 1 N–H and O–H groups in total. The van der Waals surface area contributed by atoms with Crippen LogP contribution in [0.4, 0.5) is 0 Å². The number of halogens is 1. The fourth-order valence-corrected chi connectivity index (χ4v) is 2.18. The minimum absolute atomic E-state index is 0.435. The minimum atomic E-state index is -0.557. The van der Waals surface area contributed by atoms with Crippen molar-refractivity contribution in [2.45, 2.75) is 26.6 Å². The second kappa shape index (κ2) is 6.17. The summed E-state index contributed by atoms with van der Waals surface area (Å²) in [5.74, 6) is 0.686. The third kappa shape index (κ3) is 3.78. The first-order chi connectivity index (χ1) is 9.06. The van der Waals surface area contributed by atoms with Gasteiger partial charge in [0.2, 0.25) is 0 Å². The summed E-state index contributed by atoms with van der Waals surface area (Å²) in [7, 11) is 0. The van der Waals surface area contributed by atoms with Crippen molar-refractivity contribution in [3.05, 3.63) is 57.8 Å². The molecule has 0 aliphatic carbocycles. The first kappa shape index (κ1) is 14.0. The number of nitrogens with zero attached hydrogens (tertiary/aromatic N) is 1. The van der Waals surface area contributed by atoms with Crippen LogP contribution < -0.4 is 4.74 Å². The van der Waals surface area contributed by atoms with Crippen LogP contribution in [0, 0.1) is 6.92 Å². The van der Waals surface area contributed by atoms with Crippen LogP contribution >= 0.6 is 15.9 Å². The largest absolute Gasteiger partial charge is 0.488 e. The summed E-state index contributed by atoms with van der Waals surface area (Å²) in [6.45, 7) is 4.16. The quantitative estimate of drug-likeness (QED) is 0.931. The molecule has 0 unspecified atom stereocenters. The zero-order valence-electron chi connectivity index (χ0n) is 10.9. The highest BCUT2D eigenvalue weighted by Gasteiger charge is 2.10. The summed E-state index contributed by atoms with van der Waals surface area (Å²) in [6, 6.07) is 7.65. The smallest absolute Gasteiger partial charge is 0.126 e. The average molecular weight is 322 g/mol. The first-order valence-corrected chi connectivity index (χ1v) is 6.86. The van der Waals surface area contributed by atoms with E-state index in [2.05, 4.69) is 20.9 Å². The number of pyridine rings is 1. The predicted molar refractivity (Wildman–Crippen MR) is 78.1 cm³/mol. The number of aryl methyl sites for hydroxylation is 1. The number of benzene rings is 1. The molecule has 0 bridgehead atoms. The second-order valence-electron chi connectivity index (χ2n) is 4.52. The third-order valence-electron chi connectivity index (χ3n) is 2.75. The third-order valence-corrected chi connectivity index (χ3v) is 3.24. The molecule has 3 nitrogen and oxygen atoms in total. The zero-order chi connectivity index (χ0) is 13.8. The van der Waals surface area contributed by atoms with E-state index in [0.717, 1.165) is 21.2 Å². The molecule has 100 valence electrons. The average Bonchev–Trinajstić information content (AvgIpc) is 2.36. The molecule has 19 heavy (non-hydrogen) atoms. The standard InChI is InChI=1S/C15H16BrNO2/c1-10-5-12(8-17-7-10)9-19-15-6-13(16)3-4-14(15)11(2)18/h3-8,11,18H,9H2,1-2H3/t11-/m1/s1. The normalized spacial score (nSPS) is 12.2. The number of hydrogen-bond donors (Lipinski definition) is 1. The van der Waals surface area contributed by atoms with Crippen molar-refractivity contribution in [2.75, 3.05) is 0 Å². The van der Waals surface area contributed by atoms with Gasteiger partial charge in [-0.1, -0.05) is 22.0 Å². The summed E-state index contributed by atoms with van der Waals surface area (Å²) < 4.78 is 6.72. The fourth-order valence-electron chi connectivity index (χ4n) is 1.84. The van der Waals surface area contributed by atoms with Crippen molar-refractivity contribution in [1.82, 2.24) is 4.98 Å². The fraction of sp³-hybridized carbons (Fsp3) is 0.267. The highest BCUT2D eigenvalue weighted by Crippen LogP contribution is 2.29. The van der Waals surface area contributed by atoms with Crippen LogP contribution in [0.1, 0.15) is 29.7 Å². The Hall–Kier alpha value is -1.39. The van der Waals surface area contributed by atoms with Gasteiger partial charge < -0.3 is 9.84 Å². The topological polar surface area (TPSA) is 42.4 Å². The Balaban J connectivity index is 2.17. The molecular weight excluding hydrogens is 306 g/mol. The van der Waals surface area contributed by atoms with E-state index < -0.39 is 6.10 Å². The van der Waals surface area contributed by atoms with E-state index in [1.54, 1.807) is 13.1 Å². The molecule has 0 saturated carbocycles. The lowest BCUT2D eigenvalue weighted by molar-refractivity contribution is 0.190. The summed E-state index contributed by atoms with van der Waals surface area (Å²) in [6.07, 6.45) is 3.04. The molecule has 1 aromatic carbocycles. The maximum absolute atomic E-state index is 9.73. The molecule has 2 rings (SSSR count). The second-order valence-corrected chi connectivity index (χ2v) is 5.43. The molecule has 0 spiro atoms. The van der Waals surface area contributed by atoms with Gasteiger partial charge in [-0.05, 0) is 37.6 Å². The van der Waals surface area contributed by atoms with Gasteiger partial charge in [0.05, 0.1) is 6.10 Å². The highest BCUT2D eigenvalue weighted by molar-refractivity contribution is 9.10. The van der Waals surface area contributed by atoms with Crippen molar-refractivity contribution in [3.8, 4) is 5.75 Å². The van der Waals surface area contributed by atoms with Crippen molar-refractivity contribution >= 4 is 15.9 Å². The molecule has 0 amide bonds. The summed E-state index contributed by atoms with van der Waals surface area (Å²) >= 11 is 3.41. The van der Waals surface area contributed by atoms with E-state index in [-0.39, 0.29) is 0 Å². The van der Waals surface area contributed by atoms with Gasteiger partial charge in [0, 0.05) is 28.0 Å². The van der Waals surface area contributed by atoms with E-state index in [0.29, 0.717) is 12.4 Å². The van der Waals surface area contributed by atoms with Crippen LogP contribution in [0.2, 0.25) is 0 Å². The van der Waals surface area contributed by atoms with Crippen LogP contribution in [0.15, 0.2) is 41.1 Å². The molecule has 1 atom stereocenters. The molecular formula is C15H16BrNO2. The number of aliphatic hydroxyl groups is 1. The lowest BCUT2D eigenvalue weighted by Crippen LogP contribution is -2.01. The van der Waals surface area contributed by atoms with Gasteiger partial charge in [0.1, 0.15) is 12.4 Å². The molecule has 0 aliphatic rings. The van der Waals surface area contributed by atoms with E-state index in [1.165, 1.54) is 0 Å². The molecule has 0 radical (unpaired) electrons. The van der Waals surface area contributed by atoms with Crippen LogP contribution in [0.3, 0.4) is 0 Å². The first-order valence-electron chi connectivity index (χ1n) is 6.07. The Morgan fingerprint density at radius 2 is 2.11 bits per heavy atom. The Labute approximate surface area is 121 Å². The predicted octanol–water partition coefficient (Wildman–Crippen LogP) is 3.78. The molecule has 0 fully saturated rings. The molecule has 4 heteroatoms. The van der Waals surface area contributed by atoms with Gasteiger partial charge in [-0.2, -0.15) is 0 Å². The molecule has 0 aliphatic heterocycles. The number of ether oxygens (including phenoxy) is 1. The lowest BCUT2D eigenvalue weighted by Gasteiger charge is -2.14. The maximum Gasteiger partial charge on any atom is 0.126 e. The minimum Gasteiger partial charge on any atom is -0.488 e. The number of aromatic nitrogens is 1. The van der Waals surface area contributed by atoms with Gasteiger partial charge in [0.15, 0.2) is 0 Å². The summed E-state index contributed by atoms with van der Waals surface area (Å²) in [5.41, 5.74) is 2.89. The van der Waals surface area contributed by atoms with Crippen LogP contribution in [0.5, 0.6) is 5.75 Å². The van der Waals surface area contributed by atoms with Gasteiger partial charge in [-0.15, -0.1) is 0 Å². The number of aliphatic hydroxyl groups excluding tert-OH is 1. The monoisotopic (exact) mass is 321 g/mol. The van der Waals surface area contributed by atoms with E-state index in [9.17, 15) is 5.11 Å². The van der Waals surface area contributed by atoms with Gasteiger partial charge in [-0.3, -0.25) is 4.98 Å². The highest BCUT2D eigenvalue weighted by atomic mass is 79.9. The maximum atomic E-state index is 9.73. The molecule has 2 aromatic rings. The van der Waals surface area contributed by atoms with Crippen molar-refractivity contribution in [3.63, 3.8) is 0 Å². The van der Waals surface area contributed by atoms with Gasteiger partial charge in [-0.25, -0.2) is 0 Å². The Morgan fingerprint density at radius 3 is 2.79 bits per heavy atom. The van der Waals surface area contributed by atoms with Gasteiger partial charge in [0.25, 0.3) is 0 Å². The van der Waals surface area contributed by atoms with E-state index in [1.807, 2.05) is 37.4 Å². The Morgan fingerprint density at radius 1 is 1.32 bits per heavy atom. The van der Waals surface area contributed by atoms with Crippen LogP contribution in [0.25, 0.3) is 0 Å². The van der Waals surface area contributed by atoms with Crippen LogP contribution in [-0.2, 0) is 6.61 Å². The lowest BCUT2D eigenvalue weighted by atomic mass is 10.1. The number of hydrogen-bond acceptors (Lipinski definition) is 3. The Bertz CT molecular complexity index is 570. The van der Waals surface area contributed by atoms with Crippen LogP contribution in [-0.4, -0.2) is 10.1 Å². The van der Waals surface area contributed by atoms with E-state index in [4.69, 9.17) is 4.74 Å². The number of rotatable bonds is 4. The SMILES string of the molecule is Cc1cncc(COc2cc(Br)ccc2[C@@H](C)O)c1. The van der Waals surface area contributed by atoms with Crippen molar-refractivity contribution in [2.24, 2.45) is 0 Å². The molecule has 0 saturated heterocycles. The van der Waals surface area contributed by atoms with Crippen molar-refractivity contribution in [1.29, 1.82) is 0 Å². The summed E-state index contributed by atoms with van der Waals surface area (Å²) in [5, 5.41) is 9.73. The molecule has 1 heterocycles. The zero-order valence-corrected chi connectivity index (χ0v) is 12.5. The molecule has 1 aromatic heterocycles. The summed E-state index contributed by atoms with van der Waals surface area (Å²) in [4.78, 5) is 4.13. The van der Waals surface area contributed by atoms with Crippen molar-refractivity contribution < 1.29 is 9.84 Å². The Kier molecular flexibility index (Phi) is 4.56. The van der Waals surface area contributed by atoms with Gasteiger partial charge >= 0.3 is 0 Å².